The Morgan fingerprint density at radius 1 is 1.33 bits per heavy atom. The second-order valence-electron chi connectivity index (χ2n) is 8.90. The van der Waals surface area contributed by atoms with Crippen LogP contribution in [0, 0.1) is 5.92 Å². The highest BCUT2D eigenvalue weighted by Gasteiger charge is 2.42. The van der Waals surface area contributed by atoms with E-state index in [4.69, 9.17) is 4.74 Å². The fraction of sp³-hybridized carbons (Fsp3) is 0.739. The van der Waals surface area contributed by atoms with Crippen molar-refractivity contribution in [3.63, 3.8) is 0 Å². The van der Waals surface area contributed by atoms with Gasteiger partial charge in [0.05, 0.1) is 25.9 Å². The molecule has 2 amide bonds. The van der Waals surface area contributed by atoms with E-state index < -0.39 is 12.0 Å². The molecule has 0 bridgehead atoms. The molecule has 1 aromatic heterocycles. The molecule has 2 aliphatic heterocycles. The van der Waals surface area contributed by atoms with Crippen LogP contribution in [0.5, 0.6) is 0 Å². The van der Waals surface area contributed by atoms with Gasteiger partial charge in [-0.2, -0.15) is 11.8 Å². The van der Waals surface area contributed by atoms with E-state index in [9.17, 15) is 14.4 Å². The van der Waals surface area contributed by atoms with Gasteiger partial charge >= 0.3 is 5.97 Å². The van der Waals surface area contributed by atoms with E-state index in [0.717, 1.165) is 50.2 Å². The molecule has 4 atom stereocenters. The van der Waals surface area contributed by atoms with Gasteiger partial charge in [-0.25, -0.2) is 9.78 Å². The lowest BCUT2D eigenvalue weighted by Crippen LogP contribution is -2.54. The summed E-state index contributed by atoms with van der Waals surface area (Å²) in [5.41, 5.74) is 0.814. The number of H-pyrrole nitrogens is 1. The number of carbonyl (C=O) groups excluding carboxylic acids is 3. The molecule has 3 heterocycles. The molecule has 3 rings (SSSR count). The molecule has 0 radical (unpaired) electrons. The van der Waals surface area contributed by atoms with Gasteiger partial charge in [0.2, 0.25) is 11.8 Å². The first-order valence-corrected chi connectivity index (χ1v) is 13.3. The molecule has 0 aromatic carbocycles. The Balaban J connectivity index is 1.66. The molecule has 9 nitrogen and oxygen atoms in total. The number of imidazole rings is 1. The van der Waals surface area contributed by atoms with E-state index in [0.29, 0.717) is 19.4 Å². The average Bonchev–Trinajstić information content (AvgIpc) is 3.57. The van der Waals surface area contributed by atoms with Crippen LogP contribution in [0.25, 0.3) is 0 Å². The molecule has 0 spiro atoms. The third kappa shape index (κ3) is 6.50. The SMILES string of the molecule is CC[C@H]1CCN(CC2CCCN2C(=O)Cc2cnc[nH]2)[C@@H]1C(=O)N[C@@H](CCSC)C(=O)OC. The summed E-state index contributed by atoms with van der Waals surface area (Å²) in [4.78, 5) is 49.7. The number of ether oxygens (including phenoxy) is 1. The number of rotatable bonds is 11. The third-order valence-corrected chi connectivity index (χ3v) is 7.52. The molecular weight excluding hydrogens is 442 g/mol. The average molecular weight is 480 g/mol. The number of aromatic nitrogens is 2. The van der Waals surface area contributed by atoms with E-state index >= 15 is 0 Å². The van der Waals surface area contributed by atoms with Gasteiger partial charge in [-0.15, -0.1) is 0 Å². The Bertz CT molecular complexity index is 790. The maximum Gasteiger partial charge on any atom is 0.328 e. The fourth-order valence-electron chi connectivity index (χ4n) is 5.09. The van der Waals surface area contributed by atoms with Crippen molar-refractivity contribution in [1.82, 2.24) is 25.1 Å². The van der Waals surface area contributed by atoms with Crippen LogP contribution in [0.4, 0.5) is 0 Å². The summed E-state index contributed by atoms with van der Waals surface area (Å²) in [5, 5.41) is 2.97. The molecule has 2 aliphatic rings. The summed E-state index contributed by atoms with van der Waals surface area (Å²) >= 11 is 1.63. The first-order valence-electron chi connectivity index (χ1n) is 11.9. The summed E-state index contributed by atoms with van der Waals surface area (Å²) < 4.78 is 4.92. The normalized spacial score (nSPS) is 24.1. The van der Waals surface area contributed by atoms with Crippen LogP contribution in [0.1, 0.15) is 44.7 Å². The summed E-state index contributed by atoms with van der Waals surface area (Å²) in [6, 6.07) is -0.824. The van der Waals surface area contributed by atoms with E-state index in [-0.39, 0.29) is 29.8 Å². The second kappa shape index (κ2) is 12.4. The topological polar surface area (TPSA) is 108 Å². The van der Waals surface area contributed by atoms with Gasteiger partial charge < -0.3 is 19.9 Å². The number of methoxy groups -OCH3 is 1. The minimum absolute atomic E-state index is 0.0943. The molecular formula is C23H37N5O4S. The minimum Gasteiger partial charge on any atom is -0.467 e. The lowest BCUT2D eigenvalue weighted by molar-refractivity contribution is -0.146. The van der Waals surface area contributed by atoms with Crippen LogP contribution in [0.15, 0.2) is 12.5 Å². The van der Waals surface area contributed by atoms with Gasteiger partial charge in [0, 0.05) is 31.0 Å². The number of aromatic amines is 1. The van der Waals surface area contributed by atoms with E-state index in [1.54, 1.807) is 24.3 Å². The van der Waals surface area contributed by atoms with E-state index in [1.165, 1.54) is 7.11 Å². The number of nitrogens with one attached hydrogen (secondary N) is 2. The van der Waals surface area contributed by atoms with E-state index in [1.807, 2.05) is 11.2 Å². The maximum atomic E-state index is 13.4. The molecule has 0 saturated carbocycles. The van der Waals surface area contributed by atoms with Crippen LogP contribution in [-0.2, 0) is 25.5 Å². The van der Waals surface area contributed by atoms with Crippen LogP contribution in [-0.4, -0.2) is 94.4 Å². The van der Waals surface area contributed by atoms with Crippen molar-refractivity contribution in [2.24, 2.45) is 5.92 Å². The van der Waals surface area contributed by atoms with Crippen molar-refractivity contribution in [1.29, 1.82) is 0 Å². The highest BCUT2D eigenvalue weighted by molar-refractivity contribution is 7.98. The van der Waals surface area contributed by atoms with Crippen LogP contribution < -0.4 is 5.32 Å². The molecule has 33 heavy (non-hydrogen) atoms. The van der Waals surface area contributed by atoms with Gasteiger partial charge in [-0.3, -0.25) is 14.5 Å². The molecule has 1 aromatic rings. The molecule has 2 saturated heterocycles. The second-order valence-corrected chi connectivity index (χ2v) is 9.88. The van der Waals surface area contributed by atoms with Gasteiger partial charge in [0.1, 0.15) is 6.04 Å². The number of thioether (sulfide) groups is 1. The van der Waals surface area contributed by atoms with Gasteiger partial charge in [0.25, 0.3) is 0 Å². The molecule has 10 heteroatoms. The smallest absolute Gasteiger partial charge is 0.328 e. The van der Waals surface area contributed by atoms with Crippen LogP contribution in [0.2, 0.25) is 0 Å². The lowest BCUT2D eigenvalue weighted by atomic mass is 9.96. The quantitative estimate of drug-likeness (QED) is 0.463. The molecule has 0 aliphatic carbocycles. The van der Waals surface area contributed by atoms with Crippen molar-refractivity contribution in [3.05, 3.63) is 18.2 Å². The van der Waals surface area contributed by atoms with Crippen LogP contribution in [0.3, 0.4) is 0 Å². The third-order valence-electron chi connectivity index (χ3n) is 6.87. The summed E-state index contributed by atoms with van der Waals surface area (Å²) in [7, 11) is 1.35. The zero-order chi connectivity index (χ0) is 23.8. The van der Waals surface area contributed by atoms with Crippen LogP contribution >= 0.6 is 11.8 Å². The van der Waals surface area contributed by atoms with Crippen molar-refractivity contribution in [3.8, 4) is 0 Å². The molecule has 184 valence electrons. The maximum absolute atomic E-state index is 13.4. The Kier molecular flexibility index (Phi) is 9.61. The number of likely N-dealkylation sites (tertiary alicyclic amines) is 2. The predicted molar refractivity (Wildman–Crippen MR) is 128 cm³/mol. The standard InChI is InChI=1S/C23H37N5O4S/c1-4-16-7-10-27(21(16)22(30)26-19(8-11-33-3)23(31)32-2)14-18-6-5-9-28(18)20(29)12-17-13-24-15-25-17/h13,15-16,18-19,21H,4-12,14H2,1-3H3,(H,24,25)(H,26,30)/t16-,18?,19-,21-/m0/s1. The zero-order valence-corrected chi connectivity index (χ0v) is 20.7. The zero-order valence-electron chi connectivity index (χ0n) is 19.9. The van der Waals surface area contributed by atoms with Gasteiger partial charge in [-0.1, -0.05) is 13.3 Å². The first kappa shape index (κ1) is 25.6. The number of amides is 2. The van der Waals surface area contributed by atoms with Crippen molar-refractivity contribution in [2.75, 3.05) is 38.8 Å². The monoisotopic (exact) mass is 479 g/mol. The Morgan fingerprint density at radius 2 is 2.15 bits per heavy atom. The molecule has 2 N–H and O–H groups in total. The van der Waals surface area contributed by atoms with Gasteiger partial charge in [0.15, 0.2) is 0 Å². The predicted octanol–water partition coefficient (Wildman–Crippen LogP) is 1.45. The highest BCUT2D eigenvalue weighted by Crippen LogP contribution is 2.30. The Labute approximate surface area is 200 Å². The number of hydrogen-bond acceptors (Lipinski definition) is 7. The lowest BCUT2D eigenvalue weighted by Gasteiger charge is -2.33. The van der Waals surface area contributed by atoms with E-state index in [2.05, 4.69) is 27.1 Å². The summed E-state index contributed by atoms with van der Waals surface area (Å²) in [6.45, 7) is 4.36. The Morgan fingerprint density at radius 3 is 2.82 bits per heavy atom. The van der Waals surface area contributed by atoms with Crippen molar-refractivity contribution < 1.29 is 19.1 Å². The number of hydrogen-bond donors (Lipinski definition) is 2. The largest absolute Gasteiger partial charge is 0.467 e. The minimum atomic E-state index is -0.631. The summed E-state index contributed by atoms with van der Waals surface area (Å²) in [5.74, 6) is 0.586. The summed E-state index contributed by atoms with van der Waals surface area (Å²) in [6.07, 6.45) is 9.86. The number of carbonyl (C=O) groups is 3. The Hall–Kier alpha value is -2.07. The number of nitrogens with zero attached hydrogens (tertiary/aromatic N) is 3. The number of esters is 1. The fourth-order valence-corrected chi connectivity index (χ4v) is 5.56. The van der Waals surface area contributed by atoms with Crippen molar-refractivity contribution in [2.45, 2.75) is 63.6 Å². The molecule has 1 unspecified atom stereocenters. The van der Waals surface area contributed by atoms with Crippen molar-refractivity contribution >= 4 is 29.5 Å². The first-order chi connectivity index (χ1) is 16.0. The highest BCUT2D eigenvalue weighted by atomic mass is 32.2. The molecule has 2 fully saturated rings. The van der Waals surface area contributed by atoms with Gasteiger partial charge in [-0.05, 0) is 50.2 Å².